The van der Waals surface area contributed by atoms with E-state index in [-0.39, 0.29) is 35.9 Å². The van der Waals surface area contributed by atoms with Crippen LogP contribution in [0.5, 0.6) is 0 Å². The molecule has 0 amide bonds. The summed E-state index contributed by atoms with van der Waals surface area (Å²) in [6.07, 6.45) is -2.85. The molecule has 0 radical (unpaired) electrons. The van der Waals surface area contributed by atoms with E-state index in [1.165, 1.54) is 28.9 Å². The third-order valence-corrected chi connectivity index (χ3v) is 5.84. The molecule has 0 fully saturated rings. The lowest BCUT2D eigenvalue weighted by Crippen LogP contribution is -2.48. The van der Waals surface area contributed by atoms with Gasteiger partial charge in [-0.25, -0.2) is 4.98 Å². The smallest absolute Gasteiger partial charge is 0.374 e. The molecule has 0 aliphatic heterocycles. The number of hydrogen-bond donors (Lipinski definition) is 3. The Bertz CT molecular complexity index is 807. The summed E-state index contributed by atoms with van der Waals surface area (Å²) >= 11 is 1.64. The zero-order valence-electron chi connectivity index (χ0n) is 17.5. The van der Waals surface area contributed by atoms with E-state index in [4.69, 9.17) is 0 Å². The minimum Gasteiger partial charge on any atom is -0.374 e. The highest BCUT2D eigenvalue weighted by Crippen LogP contribution is 2.40. The molecule has 0 aromatic carbocycles. The molecule has 2 heterocycles. The Morgan fingerprint density at radius 1 is 1.30 bits per heavy atom. The molecule has 11 heteroatoms. The van der Waals surface area contributed by atoms with Gasteiger partial charge in [0.05, 0.1) is 6.54 Å². The Morgan fingerprint density at radius 2 is 2.00 bits per heavy atom. The minimum atomic E-state index is -4.86. The van der Waals surface area contributed by atoms with Crippen LogP contribution in [-0.4, -0.2) is 46.4 Å². The van der Waals surface area contributed by atoms with Crippen LogP contribution in [0.3, 0.4) is 0 Å². The number of rotatable bonds is 8. The SMILES string of the molecule is CCNC(=NCC(C)(C)c1cccs1)NCCC(O)(c1nccn1C)C(F)(F)F.I. The Labute approximate surface area is 196 Å². The van der Waals surface area contributed by atoms with Crippen LogP contribution >= 0.6 is 35.3 Å². The van der Waals surface area contributed by atoms with E-state index in [9.17, 15) is 18.3 Å². The van der Waals surface area contributed by atoms with Gasteiger partial charge >= 0.3 is 6.18 Å². The highest BCUT2D eigenvalue weighted by Gasteiger charge is 2.57. The van der Waals surface area contributed by atoms with Crippen molar-refractivity contribution in [1.29, 1.82) is 0 Å². The second-order valence-corrected chi connectivity index (χ2v) is 8.40. The van der Waals surface area contributed by atoms with E-state index in [0.717, 1.165) is 0 Å². The van der Waals surface area contributed by atoms with Gasteiger partial charge in [0.1, 0.15) is 5.82 Å². The van der Waals surface area contributed by atoms with Gasteiger partial charge in [-0.05, 0) is 18.4 Å². The number of hydrogen-bond acceptors (Lipinski definition) is 4. The van der Waals surface area contributed by atoms with Crippen molar-refractivity contribution in [2.75, 3.05) is 19.6 Å². The maximum Gasteiger partial charge on any atom is 0.424 e. The van der Waals surface area contributed by atoms with Crippen LogP contribution in [0.2, 0.25) is 0 Å². The third kappa shape index (κ3) is 6.33. The number of alkyl halides is 3. The van der Waals surface area contributed by atoms with Crippen LogP contribution in [0.4, 0.5) is 13.2 Å². The lowest BCUT2D eigenvalue weighted by molar-refractivity contribution is -0.272. The predicted octanol–water partition coefficient (Wildman–Crippen LogP) is 3.77. The molecule has 6 nitrogen and oxygen atoms in total. The van der Waals surface area contributed by atoms with Gasteiger partial charge in [0.2, 0.25) is 5.60 Å². The number of thiophene rings is 1. The first-order valence-electron chi connectivity index (χ1n) is 9.34. The van der Waals surface area contributed by atoms with Crippen molar-refractivity contribution >= 4 is 41.3 Å². The number of aryl methyl sites for hydroxylation is 1. The first-order chi connectivity index (χ1) is 13.5. The van der Waals surface area contributed by atoms with Gasteiger partial charge in [-0.1, -0.05) is 19.9 Å². The summed E-state index contributed by atoms with van der Waals surface area (Å²) in [5.41, 5.74) is -3.25. The second-order valence-electron chi connectivity index (χ2n) is 7.45. The van der Waals surface area contributed by atoms with Gasteiger partial charge in [0, 0.05) is 49.2 Å². The van der Waals surface area contributed by atoms with Crippen LogP contribution in [0.25, 0.3) is 0 Å². The lowest BCUT2D eigenvalue weighted by Gasteiger charge is -2.30. The molecule has 2 aromatic heterocycles. The topological polar surface area (TPSA) is 74.5 Å². The molecular weight excluding hydrogens is 530 g/mol. The number of imidazole rings is 1. The van der Waals surface area contributed by atoms with Gasteiger partial charge in [-0.3, -0.25) is 4.99 Å². The largest absolute Gasteiger partial charge is 0.424 e. The lowest BCUT2D eigenvalue weighted by atomic mass is 9.92. The van der Waals surface area contributed by atoms with Crippen LogP contribution < -0.4 is 10.6 Å². The summed E-state index contributed by atoms with van der Waals surface area (Å²) in [5.74, 6) is -0.0333. The normalized spacial score (nSPS) is 14.7. The van der Waals surface area contributed by atoms with Gasteiger partial charge in [-0.2, -0.15) is 13.2 Å². The highest BCUT2D eigenvalue weighted by molar-refractivity contribution is 14.0. The van der Waals surface area contributed by atoms with E-state index in [1.807, 2.05) is 24.4 Å². The van der Waals surface area contributed by atoms with Crippen molar-refractivity contribution in [1.82, 2.24) is 20.2 Å². The summed E-state index contributed by atoms with van der Waals surface area (Å²) < 4.78 is 42.0. The van der Waals surface area contributed by atoms with Crippen LogP contribution in [0, 0.1) is 0 Å². The van der Waals surface area contributed by atoms with Crippen molar-refractivity contribution < 1.29 is 18.3 Å². The van der Waals surface area contributed by atoms with Gasteiger partial charge < -0.3 is 20.3 Å². The van der Waals surface area contributed by atoms with E-state index in [0.29, 0.717) is 19.0 Å². The first kappa shape index (κ1) is 26.7. The molecule has 170 valence electrons. The minimum absolute atomic E-state index is 0. The molecule has 0 spiro atoms. The standard InChI is InChI=1S/C19H28F3N5OS.HI/c1-5-23-16(26-13-17(2,3)14-7-6-12-29-14)25-9-8-18(28,19(20,21)22)15-24-10-11-27(15)4;/h6-7,10-12,28H,5,8-9,13H2,1-4H3,(H2,23,25,26);1H. The van der Waals surface area contributed by atoms with E-state index in [1.54, 1.807) is 11.3 Å². The van der Waals surface area contributed by atoms with Crippen molar-refractivity contribution in [3.05, 3.63) is 40.6 Å². The van der Waals surface area contributed by atoms with Crippen molar-refractivity contribution in [2.24, 2.45) is 12.0 Å². The number of aliphatic hydroxyl groups is 1. The summed E-state index contributed by atoms with van der Waals surface area (Å²) in [6, 6.07) is 4.02. The number of aromatic nitrogens is 2. The maximum absolute atomic E-state index is 13.6. The number of aliphatic imine (C=N–C) groups is 1. The fraction of sp³-hybridized carbons (Fsp3) is 0.579. The summed E-state index contributed by atoms with van der Waals surface area (Å²) in [4.78, 5) is 9.41. The zero-order valence-corrected chi connectivity index (χ0v) is 20.6. The van der Waals surface area contributed by atoms with Crippen molar-refractivity contribution in [3.63, 3.8) is 0 Å². The molecule has 2 rings (SSSR count). The molecule has 0 aliphatic carbocycles. The van der Waals surface area contributed by atoms with E-state index in [2.05, 4.69) is 34.5 Å². The quantitative estimate of drug-likeness (QED) is 0.262. The van der Waals surface area contributed by atoms with Crippen molar-refractivity contribution in [2.45, 2.75) is 44.4 Å². The number of halogens is 4. The Hall–Kier alpha value is -1.34. The van der Waals surface area contributed by atoms with E-state index < -0.39 is 24.0 Å². The predicted molar refractivity (Wildman–Crippen MR) is 125 cm³/mol. The average molecular weight is 559 g/mol. The molecule has 1 unspecified atom stereocenters. The van der Waals surface area contributed by atoms with Crippen LogP contribution in [-0.2, 0) is 18.1 Å². The van der Waals surface area contributed by atoms with Gasteiger partial charge in [-0.15, -0.1) is 35.3 Å². The van der Waals surface area contributed by atoms with Crippen LogP contribution in [0.1, 0.15) is 37.9 Å². The maximum atomic E-state index is 13.6. The Morgan fingerprint density at radius 3 is 2.50 bits per heavy atom. The van der Waals surface area contributed by atoms with E-state index >= 15 is 0 Å². The first-order valence-corrected chi connectivity index (χ1v) is 10.2. The number of nitrogens with one attached hydrogen (secondary N) is 2. The fourth-order valence-electron chi connectivity index (χ4n) is 2.87. The number of guanidine groups is 1. The second kappa shape index (κ2) is 10.8. The highest BCUT2D eigenvalue weighted by atomic mass is 127. The Kier molecular flexibility index (Phi) is 9.61. The molecule has 30 heavy (non-hydrogen) atoms. The van der Waals surface area contributed by atoms with Gasteiger partial charge in [0.25, 0.3) is 0 Å². The molecule has 2 aromatic rings. The summed E-state index contributed by atoms with van der Waals surface area (Å²) in [7, 11) is 1.42. The van der Waals surface area contributed by atoms with Gasteiger partial charge in [0.15, 0.2) is 5.96 Å². The molecule has 0 saturated carbocycles. The average Bonchev–Trinajstić information content (AvgIpc) is 3.30. The molecule has 0 aliphatic rings. The fourth-order valence-corrected chi connectivity index (χ4v) is 3.71. The molecule has 0 bridgehead atoms. The number of nitrogens with zero attached hydrogens (tertiary/aromatic N) is 3. The summed E-state index contributed by atoms with van der Waals surface area (Å²) in [6.45, 7) is 6.90. The monoisotopic (exact) mass is 559 g/mol. The molecule has 3 N–H and O–H groups in total. The van der Waals surface area contributed by atoms with Crippen LogP contribution in [0.15, 0.2) is 34.9 Å². The third-order valence-electron chi connectivity index (χ3n) is 4.60. The summed E-state index contributed by atoms with van der Waals surface area (Å²) in [5, 5.41) is 18.3. The molecule has 0 saturated heterocycles. The Balaban J connectivity index is 0.00000450. The zero-order chi connectivity index (χ0) is 21.7. The van der Waals surface area contributed by atoms with Crippen molar-refractivity contribution in [3.8, 4) is 0 Å². The molecule has 1 atom stereocenters. The molecular formula is C19H29F3IN5OS.